The molecule has 2 N–H and O–H groups in total. The minimum Gasteiger partial charge on any atom is -0.463 e. The maximum atomic E-state index is 11.8. The minimum atomic E-state index is -3.64. The SMILES string of the molecule is CCOc1n[nH]c(NS(=O)(=O)Cc2cc(C)on2)n1. The standard InChI is InChI=1S/C9H13N5O4S/c1-3-17-9-10-8(11-12-9)14-19(15,16)5-7-4-6(2)18-13-7/h4H,3,5H2,1-2H3,(H2,10,11,12,14). The molecule has 2 rings (SSSR count). The van der Waals surface area contributed by atoms with Gasteiger partial charge in [-0.25, -0.2) is 13.5 Å². The molecule has 0 aromatic carbocycles. The van der Waals surface area contributed by atoms with Gasteiger partial charge in [-0.3, -0.25) is 4.72 Å². The van der Waals surface area contributed by atoms with Gasteiger partial charge in [-0.15, -0.1) is 5.10 Å². The van der Waals surface area contributed by atoms with Crippen LogP contribution < -0.4 is 9.46 Å². The largest absolute Gasteiger partial charge is 0.463 e. The zero-order valence-corrected chi connectivity index (χ0v) is 11.2. The molecule has 2 aromatic heterocycles. The second-order valence-electron chi connectivity index (χ2n) is 3.69. The van der Waals surface area contributed by atoms with Crippen molar-refractivity contribution in [1.29, 1.82) is 0 Å². The van der Waals surface area contributed by atoms with Crippen molar-refractivity contribution in [3.63, 3.8) is 0 Å². The van der Waals surface area contributed by atoms with Crippen molar-refractivity contribution in [2.75, 3.05) is 11.3 Å². The number of aryl methyl sites for hydroxylation is 1. The van der Waals surface area contributed by atoms with Crippen molar-refractivity contribution in [1.82, 2.24) is 20.3 Å². The molecule has 0 saturated heterocycles. The first-order chi connectivity index (χ1) is 8.98. The maximum absolute atomic E-state index is 11.8. The number of H-pyrrole nitrogens is 1. The number of aromatic nitrogens is 4. The first-order valence-electron chi connectivity index (χ1n) is 5.46. The number of hydrogen-bond donors (Lipinski definition) is 2. The van der Waals surface area contributed by atoms with E-state index >= 15 is 0 Å². The van der Waals surface area contributed by atoms with Gasteiger partial charge in [0.1, 0.15) is 17.2 Å². The van der Waals surface area contributed by atoms with E-state index in [0.29, 0.717) is 18.1 Å². The first kappa shape index (κ1) is 13.3. The van der Waals surface area contributed by atoms with Crippen LogP contribution in [0.4, 0.5) is 5.95 Å². The average molecular weight is 287 g/mol. The fourth-order valence-electron chi connectivity index (χ4n) is 1.35. The Morgan fingerprint density at radius 2 is 2.32 bits per heavy atom. The molecular formula is C9H13N5O4S. The normalized spacial score (nSPS) is 11.5. The van der Waals surface area contributed by atoms with Crippen LogP contribution in [-0.2, 0) is 15.8 Å². The van der Waals surface area contributed by atoms with Crippen LogP contribution in [-0.4, -0.2) is 35.4 Å². The van der Waals surface area contributed by atoms with Gasteiger partial charge in [-0.1, -0.05) is 5.16 Å². The van der Waals surface area contributed by atoms with Crippen molar-refractivity contribution in [2.45, 2.75) is 19.6 Å². The molecule has 0 aliphatic rings. The zero-order valence-electron chi connectivity index (χ0n) is 10.4. The van der Waals surface area contributed by atoms with Gasteiger partial charge in [0.05, 0.1) is 6.61 Å². The third kappa shape index (κ3) is 3.68. The highest BCUT2D eigenvalue weighted by Crippen LogP contribution is 2.11. The summed E-state index contributed by atoms with van der Waals surface area (Å²) in [6.07, 6.45) is 0. The lowest BCUT2D eigenvalue weighted by molar-refractivity contribution is 0.314. The van der Waals surface area contributed by atoms with E-state index in [9.17, 15) is 8.42 Å². The molecule has 0 unspecified atom stereocenters. The average Bonchev–Trinajstić information content (AvgIpc) is 2.88. The lowest BCUT2D eigenvalue weighted by atomic mass is 10.4. The third-order valence-electron chi connectivity index (χ3n) is 2.01. The summed E-state index contributed by atoms with van der Waals surface area (Å²) in [7, 11) is -3.64. The van der Waals surface area contributed by atoms with E-state index in [-0.39, 0.29) is 17.7 Å². The molecule has 0 spiro atoms. The van der Waals surface area contributed by atoms with Crippen LogP contribution in [0.15, 0.2) is 10.6 Å². The Labute approximate surface area is 109 Å². The molecule has 0 aliphatic carbocycles. The Morgan fingerprint density at radius 1 is 1.53 bits per heavy atom. The highest BCUT2D eigenvalue weighted by atomic mass is 32.2. The smallest absolute Gasteiger partial charge is 0.337 e. The molecule has 104 valence electrons. The Hall–Kier alpha value is -2.10. The summed E-state index contributed by atoms with van der Waals surface area (Å²) in [5.41, 5.74) is 0.314. The van der Waals surface area contributed by atoms with Gasteiger partial charge in [-0.05, 0) is 13.8 Å². The van der Waals surface area contributed by atoms with Crippen molar-refractivity contribution in [3.8, 4) is 6.01 Å². The fraction of sp³-hybridized carbons (Fsp3) is 0.444. The van der Waals surface area contributed by atoms with Crippen LogP contribution in [0.25, 0.3) is 0 Å². The van der Waals surface area contributed by atoms with Gasteiger partial charge >= 0.3 is 6.01 Å². The van der Waals surface area contributed by atoms with Gasteiger partial charge in [-0.2, -0.15) is 4.98 Å². The molecule has 0 fully saturated rings. The second kappa shape index (κ2) is 5.26. The molecule has 10 heteroatoms. The number of nitrogens with zero attached hydrogens (tertiary/aromatic N) is 3. The highest BCUT2D eigenvalue weighted by molar-refractivity contribution is 7.91. The summed E-state index contributed by atoms with van der Waals surface area (Å²) >= 11 is 0. The Kier molecular flexibility index (Phi) is 3.69. The first-order valence-corrected chi connectivity index (χ1v) is 7.11. The number of nitrogens with one attached hydrogen (secondary N) is 2. The van der Waals surface area contributed by atoms with Gasteiger partial charge in [0.2, 0.25) is 16.0 Å². The fourth-order valence-corrected chi connectivity index (χ4v) is 2.33. The van der Waals surface area contributed by atoms with E-state index in [4.69, 9.17) is 9.26 Å². The van der Waals surface area contributed by atoms with Crippen molar-refractivity contribution < 1.29 is 17.7 Å². The lowest BCUT2D eigenvalue weighted by Gasteiger charge is -2.01. The number of anilines is 1. The van der Waals surface area contributed by atoms with Gasteiger partial charge in [0.25, 0.3) is 0 Å². The number of rotatable bonds is 6. The minimum absolute atomic E-state index is 0.0105. The summed E-state index contributed by atoms with van der Waals surface area (Å²) in [5.74, 6) is 0.224. The topological polar surface area (TPSA) is 123 Å². The van der Waals surface area contributed by atoms with E-state index < -0.39 is 10.0 Å². The van der Waals surface area contributed by atoms with E-state index in [0.717, 1.165) is 0 Å². The molecule has 0 aliphatic heterocycles. The third-order valence-corrected chi connectivity index (χ3v) is 3.19. The Balaban J connectivity index is 2.03. The number of hydrogen-bond acceptors (Lipinski definition) is 7. The van der Waals surface area contributed by atoms with E-state index in [1.54, 1.807) is 19.9 Å². The predicted molar refractivity (Wildman–Crippen MR) is 65.0 cm³/mol. The summed E-state index contributed by atoms with van der Waals surface area (Å²) in [5, 5.41) is 9.71. The summed E-state index contributed by atoms with van der Waals surface area (Å²) in [6.45, 7) is 3.84. The summed E-state index contributed by atoms with van der Waals surface area (Å²) in [4.78, 5) is 3.81. The zero-order chi connectivity index (χ0) is 13.9. The highest BCUT2D eigenvalue weighted by Gasteiger charge is 2.17. The predicted octanol–water partition coefficient (Wildman–Crippen LogP) is 0.442. The summed E-state index contributed by atoms with van der Waals surface area (Å²) in [6, 6.07) is 1.63. The van der Waals surface area contributed by atoms with Crippen molar-refractivity contribution >= 4 is 16.0 Å². The monoisotopic (exact) mass is 287 g/mol. The quantitative estimate of drug-likeness (QED) is 0.790. The number of aromatic amines is 1. The molecule has 2 heterocycles. The molecule has 19 heavy (non-hydrogen) atoms. The molecule has 0 atom stereocenters. The van der Waals surface area contributed by atoms with Crippen molar-refractivity contribution in [2.24, 2.45) is 0 Å². The Bertz CT molecular complexity index is 647. The molecular weight excluding hydrogens is 274 g/mol. The number of ether oxygens (including phenoxy) is 1. The number of sulfonamides is 1. The molecule has 2 aromatic rings. The van der Waals surface area contributed by atoms with Crippen LogP contribution in [0, 0.1) is 6.92 Å². The van der Waals surface area contributed by atoms with Gasteiger partial charge < -0.3 is 9.26 Å². The molecule has 9 nitrogen and oxygen atoms in total. The van der Waals surface area contributed by atoms with Crippen LogP contribution >= 0.6 is 0 Å². The Morgan fingerprint density at radius 3 is 2.95 bits per heavy atom. The van der Waals surface area contributed by atoms with E-state index in [1.165, 1.54) is 0 Å². The van der Waals surface area contributed by atoms with Crippen molar-refractivity contribution in [3.05, 3.63) is 17.5 Å². The molecule has 0 amide bonds. The van der Waals surface area contributed by atoms with E-state index in [1.807, 2.05) is 0 Å². The summed E-state index contributed by atoms with van der Waals surface area (Å²) < 4.78 is 35.7. The second-order valence-corrected chi connectivity index (χ2v) is 5.41. The maximum Gasteiger partial charge on any atom is 0.337 e. The van der Waals surface area contributed by atoms with Crippen LogP contribution in [0.5, 0.6) is 6.01 Å². The van der Waals surface area contributed by atoms with E-state index in [2.05, 4.69) is 25.1 Å². The molecule has 0 bridgehead atoms. The lowest BCUT2D eigenvalue weighted by Crippen LogP contribution is -2.16. The van der Waals surface area contributed by atoms with Crippen LogP contribution in [0.3, 0.4) is 0 Å². The molecule has 0 radical (unpaired) electrons. The molecule has 0 saturated carbocycles. The van der Waals surface area contributed by atoms with Gasteiger partial charge in [0.15, 0.2) is 0 Å². The van der Waals surface area contributed by atoms with Crippen LogP contribution in [0.2, 0.25) is 0 Å². The van der Waals surface area contributed by atoms with Gasteiger partial charge in [0, 0.05) is 6.07 Å². The van der Waals surface area contributed by atoms with Crippen LogP contribution in [0.1, 0.15) is 18.4 Å².